The number of carbonyl (C=O) groups excluding carboxylic acids is 3. The van der Waals surface area contributed by atoms with E-state index >= 15 is 0 Å². The summed E-state index contributed by atoms with van der Waals surface area (Å²) in [5.41, 5.74) is 4.07. The number of esters is 1. The molecular weight excluding hydrogens is 568 g/mol. The molecule has 7 heteroatoms. The molecule has 0 saturated carbocycles. The first-order valence-electron chi connectivity index (χ1n) is 14.3. The van der Waals surface area contributed by atoms with Gasteiger partial charge in [-0.3, -0.25) is 9.59 Å². The van der Waals surface area contributed by atoms with E-state index in [4.69, 9.17) is 4.74 Å². The molecule has 0 heterocycles. The van der Waals surface area contributed by atoms with Crippen molar-refractivity contribution < 1.29 is 19.1 Å². The number of nitrogens with one attached hydrogen (secondary N) is 2. The predicted molar refractivity (Wildman–Crippen MR) is 173 cm³/mol. The summed E-state index contributed by atoms with van der Waals surface area (Å²) in [6, 6.07) is 45.0. The van der Waals surface area contributed by atoms with Gasteiger partial charge in [0.25, 0.3) is 5.91 Å². The Balaban J connectivity index is 1.20. The van der Waals surface area contributed by atoms with Gasteiger partial charge in [-0.25, -0.2) is 4.79 Å². The van der Waals surface area contributed by atoms with Crippen molar-refractivity contribution in [3.8, 4) is 0 Å². The predicted octanol–water partition coefficient (Wildman–Crippen LogP) is 6.75. The van der Waals surface area contributed by atoms with E-state index in [2.05, 4.69) is 10.6 Å². The third-order valence-electron chi connectivity index (χ3n) is 6.94. The molecule has 2 N–H and O–H groups in total. The van der Waals surface area contributed by atoms with Gasteiger partial charge in [0.05, 0.1) is 23.4 Å². The molecule has 0 aliphatic heterocycles. The highest BCUT2D eigenvalue weighted by molar-refractivity contribution is 8.00. The lowest BCUT2D eigenvalue weighted by atomic mass is 9.99. The maximum Gasteiger partial charge on any atom is 0.339 e. The van der Waals surface area contributed by atoms with Crippen molar-refractivity contribution in [3.63, 3.8) is 0 Å². The lowest BCUT2D eigenvalue weighted by Gasteiger charge is -2.20. The summed E-state index contributed by atoms with van der Waals surface area (Å²) < 4.78 is 5.43. The number of hydrogen-bond acceptors (Lipinski definition) is 5. The van der Waals surface area contributed by atoms with Crippen LogP contribution in [0.2, 0.25) is 0 Å². The molecule has 0 fully saturated rings. The van der Waals surface area contributed by atoms with E-state index in [-0.39, 0.29) is 23.7 Å². The molecule has 6 nitrogen and oxygen atoms in total. The van der Waals surface area contributed by atoms with E-state index in [9.17, 15) is 14.4 Å². The smallest absolute Gasteiger partial charge is 0.339 e. The van der Waals surface area contributed by atoms with Crippen LogP contribution in [0.4, 0.5) is 0 Å². The highest BCUT2D eigenvalue weighted by Crippen LogP contribution is 2.26. The number of ether oxygens (including phenoxy) is 1. The third-order valence-corrected chi connectivity index (χ3v) is 8.02. The van der Waals surface area contributed by atoms with E-state index in [0.29, 0.717) is 10.5 Å². The van der Waals surface area contributed by atoms with Gasteiger partial charge in [-0.15, -0.1) is 11.8 Å². The largest absolute Gasteiger partial charge is 0.452 e. The van der Waals surface area contributed by atoms with Gasteiger partial charge in [0.1, 0.15) is 0 Å². The minimum absolute atomic E-state index is 0.0940. The fourth-order valence-corrected chi connectivity index (χ4v) is 5.67. The van der Waals surface area contributed by atoms with Gasteiger partial charge in [0, 0.05) is 4.90 Å². The molecule has 0 aliphatic rings. The van der Waals surface area contributed by atoms with E-state index in [1.165, 1.54) is 11.8 Å². The number of benzene rings is 5. The molecule has 0 aromatic heterocycles. The normalized spacial score (nSPS) is 10.8. The summed E-state index contributed by atoms with van der Waals surface area (Å²) in [7, 11) is 0. The van der Waals surface area contributed by atoms with Crippen LogP contribution < -0.4 is 10.6 Å². The molecule has 2 amide bonds. The Morgan fingerprint density at radius 1 is 0.523 bits per heavy atom. The standard InChI is InChI=1S/C37H32N2O4S/c40-33(38-35(27-15-5-1-6-16-27)28-17-7-2-8-18-28)25-43-37(42)31-23-13-14-24-32(31)44-26-34(41)39-36(29-19-9-3-10-20-29)30-21-11-4-12-22-30/h1-24,35-36H,25-26H2,(H,38,40)(H,39,41). The second-order valence-corrected chi connectivity index (χ2v) is 11.0. The molecule has 220 valence electrons. The molecular formula is C37H32N2O4S. The molecule has 44 heavy (non-hydrogen) atoms. The number of thioether (sulfide) groups is 1. The Bertz CT molecular complexity index is 1590. The maximum atomic E-state index is 13.1. The number of rotatable bonds is 12. The summed E-state index contributed by atoms with van der Waals surface area (Å²) >= 11 is 1.24. The monoisotopic (exact) mass is 600 g/mol. The fourth-order valence-electron chi connectivity index (χ4n) is 4.82. The van der Waals surface area contributed by atoms with Crippen LogP contribution in [0.5, 0.6) is 0 Å². The quantitative estimate of drug-likeness (QED) is 0.122. The third kappa shape index (κ3) is 8.24. The molecule has 5 rings (SSSR count). The van der Waals surface area contributed by atoms with Crippen molar-refractivity contribution in [1.29, 1.82) is 0 Å². The van der Waals surface area contributed by atoms with Crippen molar-refractivity contribution in [3.05, 3.63) is 173 Å². The SMILES string of the molecule is O=C(COC(=O)c1ccccc1SCC(=O)NC(c1ccccc1)c1ccccc1)NC(c1ccccc1)c1ccccc1. The zero-order valence-corrected chi connectivity index (χ0v) is 24.8. The Morgan fingerprint density at radius 3 is 1.36 bits per heavy atom. The van der Waals surface area contributed by atoms with Gasteiger partial charge in [-0.1, -0.05) is 133 Å². The van der Waals surface area contributed by atoms with Gasteiger partial charge < -0.3 is 15.4 Å². The van der Waals surface area contributed by atoms with E-state index in [1.54, 1.807) is 24.3 Å². The molecule has 0 saturated heterocycles. The van der Waals surface area contributed by atoms with Gasteiger partial charge in [0.2, 0.25) is 5.91 Å². The van der Waals surface area contributed by atoms with Crippen molar-refractivity contribution in [2.24, 2.45) is 0 Å². The molecule has 0 spiro atoms. The average molecular weight is 601 g/mol. The number of hydrogen-bond donors (Lipinski definition) is 2. The Hall–Kier alpha value is -5.14. The van der Waals surface area contributed by atoms with Gasteiger partial charge in [-0.05, 0) is 34.4 Å². The fraction of sp³-hybridized carbons (Fsp3) is 0.108. The van der Waals surface area contributed by atoms with Crippen LogP contribution in [0.3, 0.4) is 0 Å². The Kier molecular flexibility index (Phi) is 10.6. The molecule has 5 aromatic rings. The molecule has 0 radical (unpaired) electrons. The van der Waals surface area contributed by atoms with E-state index < -0.39 is 18.5 Å². The summed E-state index contributed by atoms with van der Waals surface area (Å²) in [5, 5.41) is 6.11. The first-order valence-corrected chi connectivity index (χ1v) is 15.2. The minimum atomic E-state index is -0.633. The van der Waals surface area contributed by atoms with E-state index in [0.717, 1.165) is 22.3 Å². The van der Waals surface area contributed by atoms with Crippen LogP contribution in [-0.4, -0.2) is 30.1 Å². The first kappa shape index (κ1) is 30.3. The molecule has 5 aromatic carbocycles. The van der Waals surface area contributed by atoms with Crippen molar-refractivity contribution in [2.75, 3.05) is 12.4 Å². The lowest BCUT2D eigenvalue weighted by molar-refractivity contribution is -0.124. The Morgan fingerprint density at radius 2 is 0.909 bits per heavy atom. The first-order chi connectivity index (χ1) is 21.6. The highest BCUT2D eigenvalue weighted by atomic mass is 32.2. The molecule has 0 atom stereocenters. The van der Waals surface area contributed by atoms with Crippen molar-refractivity contribution in [2.45, 2.75) is 17.0 Å². The second kappa shape index (κ2) is 15.4. The zero-order chi connectivity index (χ0) is 30.6. The molecule has 0 aliphatic carbocycles. The average Bonchev–Trinajstić information content (AvgIpc) is 3.09. The highest BCUT2D eigenvalue weighted by Gasteiger charge is 2.21. The van der Waals surface area contributed by atoms with Crippen molar-refractivity contribution >= 4 is 29.5 Å². The topological polar surface area (TPSA) is 84.5 Å². The summed E-state index contributed by atoms with van der Waals surface area (Å²) in [6.07, 6.45) is 0. The molecule has 0 bridgehead atoms. The van der Waals surface area contributed by atoms with E-state index in [1.807, 2.05) is 121 Å². The van der Waals surface area contributed by atoms with Crippen molar-refractivity contribution in [1.82, 2.24) is 10.6 Å². The number of carbonyl (C=O) groups is 3. The lowest BCUT2D eigenvalue weighted by Crippen LogP contribution is -2.33. The van der Waals surface area contributed by atoms with Crippen LogP contribution >= 0.6 is 11.8 Å². The Labute approximate surface area is 261 Å². The molecule has 0 unspecified atom stereocenters. The summed E-state index contributed by atoms with van der Waals surface area (Å²) in [4.78, 5) is 39.7. The van der Waals surface area contributed by atoms with Gasteiger partial charge in [0.15, 0.2) is 6.61 Å². The zero-order valence-electron chi connectivity index (χ0n) is 24.0. The van der Waals surface area contributed by atoms with Crippen LogP contribution in [0.1, 0.15) is 44.7 Å². The second-order valence-electron chi connectivity index (χ2n) is 10.0. The van der Waals surface area contributed by atoms with Crippen LogP contribution in [0, 0.1) is 0 Å². The summed E-state index contributed by atoms with van der Waals surface area (Å²) in [5.74, 6) is -1.14. The van der Waals surface area contributed by atoms with Crippen LogP contribution in [-0.2, 0) is 14.3 Å². The van der Waals surface area contributed by atoms with Gasteiger partial charge >= 0.3 is 5.97 Å². The van der Waals surface area contributed by atoms with Crippen LogP contribution in [0.15, 0.2) is 150 Å². The maximum absolute atomic E-state index is 13.1. The minimum Gasteiger partial charge on any atom is -0.452 e. The van der Waals surface area contributed by atoms with Crippen LogP contribution in [0.25, 0.3) is 0 Å². The number of amides is 2. The van der Waals surface area contributed by atoms with Gasteiger partial charge in [-0.2, -0.15) is 0 Å². The summed E-state index contributed by atoms with van der Waals surface area (Å²) in [6.45, 7) is -0.440.